The second kappa shape index (κ2) is 4.41. The van der Waals surface area contributed by atoms with Crippen LogP contribution in [0.4, 0.5) is 0 Å². The van der Waals surface area contributed by atoms with E-state index in [1.165, 1.54) is 7.11 Å². The molecule has 1 aliphatic carbocycles. The Balaban J connectivity index is 1.87. The molecule has 2 aliphatic rings. The molecule has 1 aliphatic heterocycles. The molecule has 2 unspecified atom stereocenters. The minimum absolute atomic E-state index is 0.115. The van der Waals surface area contributed by atoms with E-state index in [0.29, 0.717) is 12.5 Å². The third kappa shape index (κ3) is 2.19. The van der Waals surface area contributed by atoms with E-state index in [1.54, 1.807) is 0 Å². The van der Waals surface area contributed by atoms with Gasteiger partial charge in [-0.1, -0.05) is 0 Å². The van der Waals surface area contributed by atoms with Gasteiger partial charge in [-0.2, -0.15) is 0 Å². The lowest BCUT2D eigenvalue weighted by Crippen LogP contribution is -2.51. The van der Waals surface area contributed by atoms with Gasteiger partial charge >= 0.3 is 5.97 Å². The van der Waals surface area contributed by atoms with E-state index in [1.807, 2.05) is 4.90 Å². The van der Waals surface area contributed by atoms with E-state index in [9.17, 15) is 9.59 Å². The highest BCUT2D eigenvalue weighted by Crippen LogP contribution is 2.40. The van der Waals surface area contributed by atoms with Crippen LogP contribution in [0.2, 0.25) is 0 Å². The number of rotatable bonds is 2. The van der Waals surface area contributed by atoms with Crippen molar-refractivity contribution in [2.75, 3.05) is 26.7 Å². The first-order valence-corrected chi connectivity index (χ1v) is 5.73. The van der Waals surface area contributed by atoms with Crippen LogP contribution in [-0.2, 0) is 14.3 Å². The molecule has 1 N–H and O–H groups in total. The highest BCUT2D eigenvalue weighted by Gasteiger charge is 2.50. The Morgan fingerprint density at radius 1 is 1.38 bits per heavy atom. The second-order valence-electron chi connectivity index (χ2n) is 4.61. The zero-order valence-corrected chi connectivity index (χ0v) is 9.73. The molecule has 90 valence electrons. The Bertz CT molecular complexity index is 306. The van der Waals surface area contributed by atoms with Gasteiger partial charge in [-0.25, -0.2) is 0 Å². The maximum absolute atomic E-state index is 12.0. The minimum atomic E-state index is -0.249. The molecule has 1 saturated heterocycles. The lowest BCUT2D eigenvalue weighted by atomic mass is 10.2. The molecule has 5 heteroatoms. The summed E-state index contributed by atoms with van der Waals surface area (Å²) in [5.41, 5.74) is 0. The van der Waals surface area contributed by atoms with Crippen molar-refractivity contribution >= 4 is 11.9 Å². The van der Waals surface area contributed by atoms with Gasteiger partial charge in [0.2, 0.25) is 5.91 Å². The number of amides is 1. The highest BCUT2D eigenvalue weighted by atomic mass is 16.5. The molecule has 1 saturated carbocycles. The summed E-state index contributed by atoms with van der Waals surface area (Å²) in [6.45, 7) is 4.38. The molecule has 1 amide bonds. The standard InChI is InChI=1S/C11H18N2O3/c1-7-6-13(4-3-12-7)10(14)8-5-9(8)11(15)16-2/h7-9,12H,3-6H2,1-2H3/t7-,8?,9?/m1/s1. The normalized spacial score (nSPS) is 33.4. The van der Waals surface area contributed by atoms with Crippen LogP contribution in [0.3, 0.4) is 0 Å². The summed E-state index contributed by atoms with van der Waals surface area (Å²) in [4.78, 5) is 25.1. The number of nitrogens with zero attached hydrogens (tertiary/aromatic N) is 1. The van der Waals surface area contributed by atoms with Crippen molar-refractivity contribution in [2.45, 2.75) is 19.4 Å². The van der Waals surface area contributed by atoms with Crippen molar-refractivity contribution < 1.29 is 14.3 Å². The van der Waals surface area contributed by atoms with Gasteiger partial charge in [0, 0.05) is 25.7 Å². The van der Waals surface area contributed by atoms with Crippen LogP contribution in [0.5, 0.6) is 0 Å². The van der Waals surface area contributed by atoms with Crippen molar-refractivity contribution in [2.24, 2.45) is 11.8 Å². The Labute approximate surface area is 95.1 Å². The van der Waals surface area contributed by atoms with E-state index in [0.717, 1.165) is 19.6 Å². The first kappa shape index (κ1) is 11.4. The topological polar surface area (TPSA) is 58.6 Å². The Morgan fingerprint density at radius 2 is 2.12 bits per heavy atom. The fourth-order valence-electron chi connectivity index (χ4n) is 2.25. The summed E-state index contributed by atoms with van der Waals surface area (Å²) in [6, 6.07) is 0.341. The van der Waals surface area contributed by atoms with Gasteiger partial charge in [-0.3, -0.25) is 9.59 Å². The molecular weight excluding hydrogens is 208 g/mol. The summed E-state index contributed by atoms with van der Waals surface area (Å²) in [7, 11) is 1.37. The van der Waals surface area contributed by atoms with Gasteiger partial charge in [-0.05, 0) is 13.3 Å². The third-order valence-corrected chi connectivity index (χ3v) is 3.29. The second-order valence-corrected chi connectivity index (χ2v) is 4.61. The summed E-state index contributed by atoms with van der Waals surface area (Å²) in [5, 5.41) is 3.29. The average molecular weight is 226 g/mol. The van der Waals surface area contributed by atoms with Crippen LogP contribution in [-0.4, -0.2) is 49.6 Å². The first-order chi connectivity index (χ1) is 7.63. The molecule has 16 heavy (non-hydrogen) atoms. The monoisotopic (exact) mass is 226 g/mol. The van der Waals surface area contributed by atoms with Crippen LogP contribution >= 0.6 is 0 Å². The molecule has 0 aromatic carbocycles. The molecule has 0 aromatic rings. The van der Waals surface area contributed by atoms with Crippen LogP contribution < -0.4 is 5.32 Å². The Kier molecular flexibility index (Phi) is 3.14. The SMILES string of the molecule is COC(=O)C1CC1C(=O)N1CCN[C@H](C)C1. The third-order valence-electron chi connectivity index (χ3n) is 3.29. The minimum Gasteiger partial charge on any atom is -0.469 e. The van der Waals surface area contributed by atoms with Crippen molar-refractivity contribution in [1.82, 2.24) is 10.2 Å². The average Bonchev–Trinajstić information content (AvgIpc) is 3.07. The van der Waals surface area contributed by atoms with Gasteiger partial charge < -0.3 is 15.0 Å². The van der Waals surface area contributed by atoms with Crippen LogP contribution in [0, 0.1) is 11.8 Å². The van der Waals surface area contributed by atoms with E-state index >= 15 is 0 Å². The molecule has 5 nitrogen and oxygen atoms in total. The Morgan fingerprint density at radius 3 is 2.75 bits per heavy atom. The number of carbonyl (C=O) groups excluding carboxylic acids is 2. The number of esters is 1. The molecule has 0 bridgehead atoms. The number of hydrogen-bond acceptors (Lipinski definition) is 4. The van der Waals surface area contributed by atoms with Gasteiger partial charge in [0.25, 0.3) is 0 Å². The predicted molar refractivity (Wildman–Crippen MR) is 57.7 cm³/mol. The van der Waals surface area contributed by atoms with Crippen molar-refractivity contribution in [3.05, 3.63) is 0 Å². The molecule has 0 aromatic heterocycles. The summed E-state index contributed by atoms with van der Waals surface area (Å²) >= 11 is 0. The fraction of sp³-hybridized carbons (Fsp3) is 0.818. The summed E-state index contributed by atoms with van der Waals surface area (Å²) < 4.78 is 4.64. The van der Waals surface area contributed by atoms with E-state index in [-0.39, 0.29) is 23.7 Å². The molecule has 0 radical (unpaired) electrons. The van der Waals surface area contributed by atoms with Gasteiger partial charge in [0.1, 0.15) is 0 Å². The van der Waals surface area contributed by atoms with Crippen LogP contribution in [0.25, 0.3) is 0 Å². The van der Waals surface area contributed by atoms with Gasteiger partial charge in [-0.15, -0.1) is 0 Å². The highest BCUT2D eigenvalue weighted by molar-refractivity contribution is 5.90. The van der Waals surface area contributed by atoms with E-state index < -0.39 is 0 Å². The zero-order chi connectivity index (χ0) is 11.7. The van der Waals surface area contributed by atoms with E-state index in [4.69, 9.17) is 0 Å². The van der Waals surface area contributed by atoms with Crippen molar-refractivity contribution in [3.8, 4) is 0 Å². The number of nitrogens with one attached hydrogen (secondary N) is 1. The van der Waals surface area contributed by atoms with Gasteiger partial charge in [0.05, 0.1) is 18.9 Å². The van der Waals surface area contributed by atoms with Crippen LogP contribution in [0.1, 0.15) is 13.3 Å². The van der Waals surface area contributed by atoms with E-state index in [2.05, 4.69) is 17.0 Å². The number of methoxy groups -OCH3 is 1. The molecule has 0 spiro atoms. The van der Waals surface area contributed by atoms with Crippen LogP contribution in [0.15, 0.2) is 0 Å². The molecular formula is C11H18N2O3. The zero-order valence-electron chi connectivity index (χ0n) is 9.73. The van der Waals surface area contributed by atoms with Gasteiger partial charge in [0.15, 0.2) is 0 Å². The van der Waals surface area contributed by atoms with Crippen molar-refractivity contribution in [1.29, 1.82) is 0 Å². The maximum atomic E-state index is 12.0. The number of piperazine rings is 1. The predicted octanol–water partition coefficient (Wildman–Crippen LogP) is -0.384. The first-order valence-electron chi connectivity index (χ1n) is 5.73. The molecule has 1 heterocycles. The van der Waals surface area contributed by atoms with Crippen molar-refractivity contribution in [3.63, 3.8) is 0 Å². The quantitative estimate of drug-likeness (QED) is 0.652. The Hall–Kier alpha value is -1.10. The number of ether oxygens (including phenoxy) is 1. The molecule has 2 rings (SSSR count). The molecule has 3 atom stereocenters. The lowest BCUT2D eigenvalue weighted by molar-refractivity contribution is -0.145. The molecule has 2 fully saturated rings. The fourth-order valence-corrected chi connectivity index (χ4v) is 2.25. The lowest BCUT2D eigenvalue weighted by Gasteiger charge is -2.32. The number of hydrogen-bond donors (Lipinski definition) is 1. The smallest absolute Gasteiger partial charge is 0.309 e. The largest absolute Gasteiger partial charge is 0.469 e. The maximum Gasteiger partial charge on any atom is 0.309 e. The summed E-state index contributed by atoms with van der Waals surface area (Å²) in [6.07, 6.45) is 0.657. The summed E-state index contributed by atoms with van der Waals surface area (Å²) in [5.74, 6) is -0.453. The number of carbonyl (C=O) groups is 2.